The van der Waals surface area contributed by atoms with Gasteiger partial charge in [-0.25, -0.2) is 27.5 Å². The van der Waals surface area contributed by atoms with Gasteiger partial charge in [0, 0.05) is 11.9 Å². The van der Waals surface area contributed by atoms with Crippen molar-refractivity contribution >= 4 is 44.2 Å². The standard InChI is InChI=1S/C20H16FN5O3S2/c1-31(28,29)16-8-4-14(5-9-16)25-18(27)11-30-20-17-10-24-26(19(17)22-12-23-20)15-6-2-13(21)3-7-15/h2-10,12H,11H2,1H3,(H,25,27). The van der Waals surface area contributed by atoms with Crippen LogP contribution in [0, 0.1) is 5.82 Å². The Morgan fingerprint density at radius 1 is 1.10 bits per heavy atom. The zero-order chi connectivity index (χ0) is 22.0. The molecule has 0 aliphatic rings. The molecule has 0 unspecified atom stereocenters. The Bertz CT molecular complexity index is 1350. The van der Waals surface area contributed by atoms with Gasteiger partial charge in [0.1, 0.15) is 17.2 Å². The van der Waals surface area contributed by atoms with Crippen LogP contribution in [0.3, 0.4) is 0 Å². The van der Waals surface area contributed by atoms with Crippen LogP contribution < -0.4 is 5.32 Å². The van der Waals surface area contributed by atoms with Gasteiger partial charge in [0.15, 0.2) is 15.5 Å². The summed E-state index contributed by atoms with van der Waals surface area (Å²) in [6.07, 6.45) is 4.11. The SMILES string of the molecule is CS(=O)(=O)c1ccc(NC(=O)CSc2ncnc3c2cnn3-c2ccc(F)cc2)cc1. The quantitative estimate of drug-likeness (QED) is 0.350. The first-order valence-corrected chi connectivity index (χ1v) is 11.9. The van der Waals surface area contributed by atoms with E-state index in [2.05, 4.69) is 20.4 Å². The van der Waals surface area contributed by atoms with Crippen LogP contribution in [-0.2, 0) is 14.6 Å². The van der Waals surface area contributed by atoms with Crippen LogP contribution in [-0.4, -0.2) is 46.1 Å². The van der Waals surface area contributed by atoms with E-state index in [9.17, 15) is 17.6 Å². The average Bonchev–Trinajstić information content (AvgIpc) is 3.17. The van der Waals surface area contributed by atoms with E-state index < -0.39 is 9.84 Å². The van der Waals surface area contributed by atoms with Gasteiger partial charge in [-0.3, -0.25) is 4.79 Å². The molecule has 2 heterocycles. The van der Waals surface area contributed by atoms with E-state index in [1.807, 2.05) is 0 Å². The summed E-state index contributed by atoms with van der Waals surface area (Å²) in [5, 5.41) is 8.28. The van der Waals surface area contributed by atoms with Crippen molar-refractivity contribution in [3.8, 4) is 5.69 Å². The van der Waals surface area contributed by atoms with Crippen LogP contribution in [0.4, 0.5) is 10.1 Å². The number of rotatable bonds is 6. The number of benzene rings is 2. The number of thioether (sulfide) groups is 1. The molecule has 4 aromatic rings. The number of aromatic nitrogens is 4. The Kier molecular flexibility index (Phi) is 5.70. The molecule has 1 amide bonds. The zero-order valence-corrected chi connectivity index (χ0v) is 17.8. The predicted molar refractivity (Wildman–Crippen MR) is 116 cm³/mol. The molecule has 0 spiro atoms. The van der Waals surface area contributed by atoms with E-state index in [-0.39, 0.29) is 22.4 Å². The van der Waals surface area contributed by atoms with Crippen molar-refractivity contribution in [2.45, 2.75) is 9.92 Å². The lowest BCUT2D eigenvalue weighted by molar-refractivity contribution is -0.113. The minimum Gasteiger partial charge on any atom is -0.325 e. The van der Waals surface area contributed by atoms with Gasteiger partial charge in [-0.05, 0) is 48.5 Å². The van der Waals surface area contributed by atoms with Gasteiger partial charge in [0.05, 0.1) is 27.9 Å². The summed E-state index contributed by atoms with van der Waals surface area (Å²) in [5.74, 6) is -0.528. The van der Waals surface area contributed by atoms with Gasteiger partial charge in [0.25, 0.3) is 0 Å². The molecule has 158 valence electrons. The van der Waals surface area contributed by atoms with Crippen molar-refractivity contribution in [1.82, 2.24) is 19.7 Å². The second kappa shape index (κ2) is 8.44. The van der Waals surface area contributed by atoms with Gasteiger partial charge < -0.3 is 5.32 Å². The van der Waals surface area contributed by atoms with Crippen LogP contribution in [0.25, 0.3) is 16.7 Å². The lowest BCUT2D eigenvalue weighted by Gasteiger charge is -2.06. The van der Waals surface area contributed by atoms with Crippen LogP contribution in [0.5, 0.6) is 0 Å². The lowest BCUT2D eigenvalue weighted by atomic mass is 10.3. The summed E-state index contributed by atoms with van der Waals surface area (Å²) < 4.78 is 37.8. The second-order valence-corrected chi connectivity index (χ2v) is 9.56. The fraction of sp³-hybridized carbons (Fsp3) is 0.100. The molecule has 31 heavy (non-hydrogen) atoms. The summed E-state index contributed by atoms with van der Waals surface area (Å²) in [6, 6.07) is 11.8. The first kappa shape index (κ1) is 20.9. The van der Waals surface area contributed by atoms with Gasteiger partial charge >= 0.3 is 0 Å². The lowest BCUT2D eigenvalue weighted by Crippen LogP contribution is -2.14. The predicted octanol–water partition coefficient (Wildman–Crippen LogP) is 3.09. The van der Waals surface area contributed by atoms with Crippen molar-refractivity contribution in [3.63, 3.8) is 0 Å². The Hall–Kier alpha value is -3.31. The maximum absolute atomic E-state index is 13.2. The number of hydrogen-bond acceptors (Lipinski definition) is 7. The van der Waals surface area contributed by atoms with Gasteiger partial charge in [-0.2, -0.15) is 5.10 Å². The van der Waals surface area contributed by atoms with E-state index in [1.165, 1.54) is 54.5 Å². The number of nitrogens with one attached hydrogen (secondary N) is 1. The summed E-state index contributed by atoms with van der Waals surface area (Å²) in [7, 11) is -3.29. The normalized spacial score (nSPS) is 11.5. The first-order valence-electron chi connectivity index (χ1n) is 8.99. The number of carbonyl (C=O) groups excluding carboxylic acids is 1. The molecule has 1 N–H and O–H groups in total. The molecule has 11 heteroatoms. The molecule has 8 nitrogen and oxygen atoms in total. The molecule has 4 rings (SSSR count). The molecule has 2 aromatic heterocycles. The number of amides is 1. The molecule has 0 bridgehead atoms. The minimum atomic E-state index is -3.29. The summed E-state index contributed by atoms with van der Waals surface area (Å²) in [5.41, 5.74) is 1.69. The first-order chi connectivity index (χ1) is 14.8. The minimum absolute atomic E-state index is 0.0850. The fourth-order valence-corrected chi connectivity index (χ4v) is 4.22. The van der Waals surface area contributed by atoms with Crippen LogP contribution in [0.15, 0.2) is 71.0 Å². The highest BCUT2D eigenvalue weighted by Crippen LogP contribution is 2.26. The van der Waals surface area contributed by atoms with E-state index in [0.29, 0.717) is 27.4 Å². The number of anilines is 1. The van der Waals surface area contributed by atoms with Crippen molar-refractivity contribution < 1.29 is 17.6 Å². The van der Waals surface area contributed by atoms with Gasteiger partial charge in [-0.1, -0.05) is 11.8 Å². The Balaban J connectivity index is 1.46. The van der Waals surface area contributed by atoms with Crippen LogP contribution in [0.2, 0.25) is 0 Å². The summed E-state index contributed by atoms with van der Waals surface area (Å²) in [6.45, 7) is 0. The molecule has 0 aliphatic heterocycles. The highest BCUT2D eigenvalue weighted by molar-refractivity contribution is 8.00. The number of fused-ring (bicyclic) bond motifs is 1. The molecule has 0 fully saturated rings. The summed E-state index contributed by atoms with van der Waals surface area (Å²) in [4.78, 5) is 21.0. The third kappa shape index (κ3) is 4.72. The number of carbonyl (C=O) groups is 1. The number of nitrogens with zero attached hydrogens (tertiary/aromatic N) is 4. The zero-order valence-electron chi connectivity index (χ0n) is 16.2. The highest BCUT2D eigenvalue weighted by Gasteiger charge is 2.14. The fourth-order valence-electron chi connectivity index (χ4n) is 2.83. The van der Waals surface area contributed by atoms with Crippen molar-refractivity contribution in [2.75, 3.05) is 17.3 Å². The molecule has 0 aliphatic carbocycles. The third-order valence-electron chi connectivity index (χ3n) is 4.31. The number of halogens is 1. The second-order valence-electron chi connectivity index (χ2n) is 6.58. The van der Waals surface area contributed by atoms with Crippen LogP contribution in [0.1, 0.15) is 0 Å². The molecule has 0 radical (unpaired) electrons. The van der Waals surface area contributed by atoms with Crippen LogP contribution >= 0.6 is 11.8 Å². The number of hydrogen-bond donors (Lipinski definition) is 1. The van der Waals surface area contributed by atoms with Gasteiger partial charge in [0.2, 0.25) is 5.91 Å². The Labute approximate surface area is 181 Å². The van der Waals surface area contributed by atoms with Crippen molar-refractivity contribution in [3.05, 3.63) is 66.9 Å². The topological polar surface area (TPSA) is 107 Å². The molecule has 2 aromatic carbocycles. The Morgan fingerprint density at radius 2 is 1.81 bits per heavy atom. The third-order valence-corrected chi connectivity index (χ3v) is 6.44. The molecule has 0 saturated heterocycles. The van der Waals surface area contributed by atoms with E-state index in [0.717, 1.165) is 6.26 Å². The van der Waals surface area contributed by atoms with Crippen molar-refractivity contribution in [2.24, 2.45) is 0 Å². The molecule has 0 atom stereocenters. The van der Waals surface area contributed by atoms with E-state index in [4.69, 9.17) is 0 Å². The largest absolute Gasteiger partial charge is 0.325 e. The van der Waals surface area contributed by atoms with Crippen molar-refractivity contribution in [1.29, 1.82) is 0 Å². The monoisotopic (exact) mass is 457 g/mol. The Morgan fingerprint density at radius 3 is 2.48 bits per heavy atom. The molecule has 0 saturated carbocycles. The van der Waals surface area contributed by atoms with E-state index >= 15 is 0 Å². The van der Waals surface area contributed by atoms with Gasteiger partial charge in [-0.15, -0.1) is 0 Å². The summed E-state index contributed by atoms with van der Waals surface area (Å²) >= 11 is 1.22. The molecular weight excluding hydrogens is 441 g/mol. The number of sulfone groups is 1. The smallest absolute Gasteiger partial charge is 0.234 e. The maximum atomic E-state index is 13.2. The highest BCUT2D eigenvalue weighted by atomic mass is 32.2. The average molecular weight is 458 g/mol. The molecular formula is C20H16FN5O3S2. The maximum Gasteiger partial charge on any atom is 0.234 e. The van der Waals surface area contributed by atoms with E-state index in [1.54, 1.807) is 23.0 Å².